The van der Waals surface area contributed by atoms with E-state index in [1.54, 1.807) is 0 Å². The van der Waals surface area contributed by atoms with Crippen LogP contribution in [0.3, 0.4) is 0 Å². The quantitative estimate of drug-likeness (QED) is 0.796. The van der Waals surface area contributed by atoms with E-state index >= 15 is 0 Å². The van der Waals surface area contributed by atoms with Gasteiger partial charge in [0.1, 0.15) is 12.7 Å². The van der Waals surface area contributed by atoms with Gasteiger partial charge in [0.2, 0.25) is 0 Å². The second-order valence-corrected chi connectivity index (χ2v) is 4.24. The van der Waals surface area contributed by atoms with E-state index in [-0.39, 0.29) is 18.5 Å². The summed E-state index contributed by atoms with van der Waals surface area (Å²) in [6.07, 6.45) is 1.23. The van der Waals surface area contributed by atoms with Crippen molar-refractivity contribution in [2.24, 2.45) is 0 Å². The Balaban J connectivity index is 1.90. The number of hydrogen-bond donors (Lipinski definition) is 0. The van der Waals surface area contributed by atoms with E-state index in [0.29, 0.717) is 24.3 Å². The van der Waals surface area contributed by atoms with Gasteiger partial charge in [0.05, 0.1) is 19.8 Å². The molecule has 0 amide bonds. The lowest BCUT2D eigenvalue weighted by Crippen LogP contribution is -2.33. The Hall–Kier alpha value is -0.720. The summed E-state index contributed by atoms with van der Waals surface area (Å²) in [6, 6.07) is 1.53. The van der Waals surface area contributed by atoms with E-state index in [1.807, 2.05) is 0 Å². The molecular weight excluding hydrogens is 281 g/mol. The molecule has 1 aromatic rings. The summed E-state index contributed by atoms with van der Waals surface area (Å²) in [5, 5.41) is 0. The first-order chi connectivity index (χ1) is 7.75. The molecule has 1 aliphatic heterocycles. The van der Waals surface area contributed by atoms with Crippen LogP contribution in [0.5, 0.6) is 5.75 Å². The largest absolute Gasteiger partial charge is 0.486 e. The highest BCUT2D eigenvalue weighted by molar-refractivity contribution is 9.10. The third-order valence-electron chi connectivity index (χ3n) is 2.08. The summed E-state index contributed by atoms with van der Waals surface area (Å²) >= 11 is 3.20. The number of ether oxygens (including phenoxy) is 3. The van der Waals surface area contributed by atoms with E-state index < -0.39 is 5.95 Å². The fraction of sp³-hybridized carbons (Fsp3) is 0.500. The van der Waals surface area contributed by atoms with Gasteiger partial charge < -0.3 is 14.2 Å². The van der Waals surface area contributed by atoms with Gasteiger partial charge >= 0.3 is 0 Å². The minimum atomic E-state index is -0.625. The van der Waals surface area contributed by atoms with Crippen LogP contribution in [0.15, 0.2) is 16.7 Å². The van der Waals surface area contributed by atoms with E-state index in [4.69, 9.17) is 14.2 Å². The molecule has 2 rings (SSSR count). The average Bonchev–Trinajstić information content (AvgIpc) is 2.32. The molecule has 2 heterocycles. The van der Waals surface area contributed by atoms with Crippen LogP contribution < -0.4 is 4.74 Å². The molecule has 1 saturated heterocycles. The minimum absolute atomic E-state index is 0.114. The molecule has 1 unspecified atom stereocenters. The number of nitrogens with zero attached hydrogens (tertiary/aromatic N) is 1. The summed E-state index contributed by atoms with van der Waals surface area (Å²) in [7, 11) is 0. The zero-order chi connectivity index (χ0) is 11.4. The molecule has 88 valence electrons. The Labute approximate surface area is 101 Å². The summed E-state index contributed by atoms with van der Waals surface area (Å²) < 4.78 is 29.7. The van der Waals surface area contributed by atoms with Gasteiger partial charge in [-0.3, -0.25) is 0 Å². The first kappa shape index (κ1) is 11.8. The first-order valence-corrected chi connectivity index (χ1v) is 5.68. The predicted molar refractivity (Wildman–Crippen MR) is 57.9 cm³/mol. The second-order valence-electron chi connectivity index (χ2n) is 3.32. The molecule has 4 nitrogen and oxygen atoms in total. The molecule has 0 aromatic carbocycles. The first-order valence-electron chi connectivity index (χ1n) is 4.89. The lowest BCUT2D eigenvalue weighted by atomic mass is 10.3. The van der Waals surface area contributed by atoms with Gasteiger partial charge in [0, 0.05) is 16.7 Å². The van der Waals surface area contributed by atoms with Crippen molar-refractivity contribution in [3.05, 3.63) is 22.7 Å². The predicted octanol–water partition coefficient (Wildman–Crippen LogP) is 1.78. The molecule has 0 bridgehead atoms. The molecule has 0 aliphatic carbocycles. The van der Waals surface area contributed by atoms with E-state index in [1.165, 1.54) is 12.3 Å². The van der Waals surface area contributed by atoms with Crippen LogP contribution in [-0.4, -0.2) is 37.5 Å². The smallest absolute Gasteiger partial charge is 0.255 e. The Morgan fingerprint density at radius 1 is 1.56 bits per heavy atom. The zero-order valence-electron chi connectivity index (χ0n) is 8.49. The molecule has 1 aromatic heterocycles. The number of pyridine rings is 1. The number of hydrogen-bond acceptors (Lipinski definition) is 4. The summed E-state index contributed by atoms with van der Waals surface area (Å²) in [5.74, 6) is -0.511. The van der Waals surface area contributed by atoms with Gasteiger partial charge in [-0.25, -0.2) is 4.98 Å². The van der Waals surface area contributed by atoms with Crippen molar-refractivity contribution in [1.82, 2.24) is 4.98 Å². The van der Waals surface area contributed by atoms with Gasteiger partial charge in [-0.05, 0) is 15.9 Å². The highest BCUT2D eigenvalue weighted by Gasteiger charge is 2.16. The van der Waals surface area contributed by atoms with Crippen LogP contribution in [-0.2, 0) is 9.47 Å². The van der Waals surface area contributed by atoms with Gasteiger partial charge in [0.25, 0.3) is 5.95 Å². The molecule has 1 atom stereocenters. The van der Waals surface area contributed by atoms with Crippen LogP contribution in [0.1, 0.15) is 0 Å². The number of rotatable bonds is 3. The van der Waals surface area contributed by atoms with E-state index in [2.05, 4.69) is 20.9 Å². The van der Waals surface area contributed by atoms with Crippen molar-refractivity contribution in [3.63, 3.8) is 0 Å². The molecule has 0 saturated carbocycles. The molecule has 0 radical (unpaired) electrons. The van der Waals surface area contributed by atoms with Gasteiger partial charge in [-0.2, -0.15) is 4.39 Å². The second kappa shape index (κ2) is 5.56. The SMILES string of the molecule is Fc1ncc(Br)cc1OCC1COCCO1. The van der Waals surface area contributed by atoms with Crippen LogP contribution in [0, 0.1) is 5.95 Å². The Morgan fingerprint density at radius 3 is 3.19 bits per heavy atom. The molecule has 1 fully saturated rings. The fourth-order valence-electron chi connectivity index (χ4n) is 1.32. The van der Waals surface area contributed by atoms with Gasteiger partial charge in [-0.15, -0.1) is 0 Å². The zero-order valence-corrected chi connectivity index (χ0v) is 10.1. The number of halogens is 2. The third-order valence-corrected chi connectivity index (χ3v) is 2.52. The normalized spacial score (nSPS) is 20.8. The molecule has 0 spiro atoms. The van der Waals surface area contributed by atoms with Crippen LogP contribution in [0.2, 0.25) is 0 Å². The topological polar surface area (TPSA) is 40.6 Å². The highest BCUT2D eigenvalue weighted by atomic mass is 79.9. The fourth-order valence-corrected chi connectivity index (χ4v) is 1.63. The highest BCUT2D eigenvalue weighted by Crippen LogP contribution is 2.20. The maximum absolute atomic E-state index is 13.2. The summed E-state index contributed by atoms with van der Waals surface area (Å²) in [5.41, 5.74) is 0. The monoisotopic (exact) mass is 291 g/mol. The molecule has 1 aliphatic rings. The maximum atomic E-state index is 13.2. The minimum Gasteiger partial charge on any atom is -0.486 e. The molecular formula is C10H11BrFNO3. The number of aromatic nitrogens is 1. The van der Waals surface area contributed by atoms with Gasteiger partial charge in [0.15, 0.2) is 5.75 Å². The molecule has 6 heteroatoms. The summed E-state index contributed by atoms with van der Waals surface area (Å²) in [4.78, 5) is 3.53. The van der Waals surface area contributed by atoms with Crippen LogP contribution in [0.4, 0.5) is 4.39 Å². The molecule has 0 N–H and O–H groups in total. The van der Waals surface area contributed by atoms with Crippen molar-refractivity contribution < 1.29 is 18.6 Å². The molecule has 16 heavy (non-hydrogen) atoms. The lowest BCUT2D eigenvalue weighted by Gasteiger charge is -2.22. The van der Waals surface area contributed by atoms with Crippen molar-refractivity contribution in [2.45, 2.75) is 6.10 Å². The Bertz CT molecular complexity index is 358. The van der Waals surface area contributed by atoms with Gasteiger partial charge in [-0.1, -0.05) is 0 Å². The van der Waals surface area contributed by atoms with Crippen molar-refractivity contribution in [3.8, 4) is 5.75 Å². The maximum Gasteiger partial charge on any atom is 0.255 e. The van der Waals surface area contributed by atoms with Crippen molar-refractivity contribution in [1.29, 1.82) is 0 Å². The summed E-state index contributed by atoms with van der Waals surface area (Å²) in [6.45, 7) is 1.88. The van der Waals surface area contributed by atoms with E-state index in [9.17, 15) is 4.39 Å². The van der Waals surface area contributed by atoms with Crippen LogP contribution in [0.25, 0.3) is 0 Å². The Kier molecular flexibility index (Phi) is 4.09. The van der Waals surface area contributed by atoms with Crippen LogP contribution >= 0.6 is 15.9 Å². The van der Waals surface area contributed by atoms with Crippen molar-refractivity contribution >= 4 is 15.9 Å². The Morgan fingerprint density at radius 2 is 2.44 bits per heavy atom. The standard InChI is InChI=1S/C10H11BrFNO3/c11-7-3-9(10(12)13-4-7)16-6-8-5-14-1-2-15-8/h3-4,8H,1-2,5-6H2. The average molecular weight is 292 g/mol. The lowest BCUT2D eigenvalue weighted by molar-refractivity contribution is -0.101. The van der Waals surface area contributed by atoms with Crippen molar-refractivity contribution in [2.75, 3.05) is 26.4 Å². The third kappa shape index (κ3) is 3.13. The van der Waals surface area contributed by atoms with E-state index in [0.717, 1.165) is 0 Å².